The molecule has 3 rings (SSSR count). The van der Waals surface area contributed by atoms with Gasteiger partial charge in [0.25, 0.3) is 5.69 Å². The lowest BCUT2D eigenvalue weighted by atomic mass is 9.87. The highest BCUT2D eigenvalue weighted by molar-refractivity contribution is 5.95. The van der Waals surface area contributed by atoms with Gasteiger partial charge in [-0.15, -0.1) is 0 Å². The maximum absolute atomic E-state index is 12.8. The molecule has 0 fully saturated rings. The zero-order valence-electron chi connectivity index (χ0n) is 14.7. The third-order valence-electron chi connectivity index (χ3n) is 4.49. The predicted octanol–water partition coefficient (Wildman–Crippen LogP) is 2.79. The molecule has 1 aliphatic rings. The number of nitrogens with two attached hydrogens (primary N) is 1. The van der Waals surface area contributed by atoms with Crippen molar-refractivity contribution in [2.75, 3.05) is 12.3 Å². The summed E-state index contributed by atoms with van der Waals surface area (Å²) in [5.74, 6) is 0.180. The van der Waals surface area contributed by atoms with Crippen molar-refractivity contribution in [3.8, 4) is 5.75 Å². The SMILES string of the molecule is CC1(C)Oc2cc([N+](=O)[O-])c(N)cc2C(NCCc2ccccc2)C1=O. The molecule has 136 valence electrons. The Bertz CT molecular complexity index is 849. The molecule has 1 atom stereocenters. The van der Waals surface area contributed by atoms with Gasteiger partial charge in [-0.2, -0.15) is 0 Å². The van der Waals surface area contributed by atoms with Crippen molar-refractivity contribution in [2.24, 2.45) is 0 Å². The van der Waals surface area contributed by atoms with E-state index in [4.69, 9.17) is 10.5 Å². The average Bonchev–Trinajstić information content (AvgIpc) is 2.59. The first-order valence-electron chi connectivity index (χ1n) is 8.38. The normalized spacial score (nSPS) is 18.1. The molecule has 0 spiro atoms. The van der Waals surface area contributed by atoms with Crippen LogP contribution in [0.25, 0.3) is 0 Å². The molecule has 1 aliphatic heterocycles. The van der Waals surface area contributed by atoms with Gasteiger partial charge >= 0.3 is 0 Å². The monoisotopic (exact) mass is 355 g/mol. The highest BCUT2D eigenvalue weighted by Gasteiger charge is 2.43. The van der Waals surface area contributed by atoms with Gasteiger partial charge in [-0.3, -0.25) is 14.9 Å². The molecule has 3 N–H and O–H groups in total. The summed E-state index contributed by atoms with van der Waals surface area (Å²) in [7, 11) is 0. The number of fused-ring (bicyclic) bond motifs is 1. The zero-order valence-corrected chi connectivity index (χ0v) is 14.7. The summed E-state index contributed by atoms with van der Waals surface area (Å²) < 4.78 is 5.72. The molecule has 2 aromatic carbocycles. The molecular formula is C19H21N3O4. The summed E-state index contributed by atoms with van der Waals surface area (Å²) in [6, 6.07) is 12.1. The Hall–Kier alpha value is -2.93. The molecule has 0 aromatic heterocycles. The van der Waals surface area contributed by atoms with E-state index in [-0.39, 0.29) is 17.2 Å². The Kier molecular flexibility index (Phi) is 4.65. The van der Waals surface area contributed by atoms with Crippen molar-refractivity contribution in [1.29, 1.82) is 0 Å². The molecule has 0 aliphatic carbocycles. The molecule has 1 unspecified atom stereocenters. The number of Topliss-reactive ketones (excluding diaryl/α,β-unsaturated/α-hetero) is 1. The van der Waals surface area contributed by atoms with Gasteiger partial charge in [0.1, 0.15) is 11.4 Å². The van der Waals surface area contributed by atoms with E-state index >= 15 is 0 Å². The number of hydrogen-bond donors (Lipinski definition) is 2. The molecule has 2 aromatic rings. The van der Waals surface area contributed by atoms with E-state index < -0.39 is 16.6 Å². The number of nitrogens with one attached hydrogen (secondary N) is 1. The van der Waals surface area contributed by atoms with Gasteiger partial charge in [0.15, 0.2) is 11.4 Å². The van der Waals surface area contributed by atoms with Crippen LogP contribution in [0.2, 0.25) is 0 Å². The second-order valence-corrected chi connectivity index (χ2v) is 6.81. The lowest BCUT2D eigenvalue weighted by Crippen LogP contribution is -2.49. The molecule has 0 saturated carbocycles. The molecule has 0 bridgehead atoms. The average molecular weight is 355 g/mol. The van der Waals surface area contributed by atoms with Gasteiger partial charge in [-0.25, -0.2) is 0 Å². The summed E-state index contributed by atoms with van der Waals surface area (Å²) in [4.78, 5) is 23.4. The fourth-order valence-electron chi connectivity index (χ4n) is 3.10. The van der Waals surface area contributed by atoms with E-state index in [0.717, 1.165) is 12.0 Å². The van der Waals surface area contributed by atoms with E-state index in [1.54, 1.807) is 13.8 Å². The Morgan fingerprint density at radius 3 is 2.62 bits per heavy atom. The molecule has 0 radical (unpaired) electrons. The number of ether oxygens (including phenoxy) is 1. The molecule has 0 saturated heterocycles. The Morgan fingerprint density at radius 1 is 1.27 bits per heavy atom. The number of nitro benzene ring substituents is 1. The van der Waals surface area contributed by atoms with Crippen LogP contribution in [0.4, 0.5) is 11.4 Å². The number of carbonyl (C=O) groups excluding carboxylic acids is 1. The topological polar surface area (TPSA) is 107 Å². The van der Waals surface area contributed by atoms with Crippen molar-refractivity contribution in [2.45, 2.75) is 31.9 Å². The van der Waals surface area contributed by atoms with Crippen LogP contribution in [0.1, 0.15) is 31.0 Å². The van der Waals surface area contributed by atoms with Gasteiger partial charge in [0.2, 0.25) is 0 Å². The minimum Gasteiger partial charge on any atom is -0.479 e. The first-order valence-corrected chi connectivity index (χ1v) is 8.38. The Labute approximate surface area is 151 Å². The largest absolute Gasteiger partial charge is 0.479 e. The fourth-order valence-corrected chi connectivity index (χ4v) is 3.10. The number of rotatable bonds is 5. The quantitative estimate of drug-likeness (QED) is 0.485. The van der Waals surface area contributed by atoms with Gasteiger partial charge in [-0.05, 0) is 31.9 Å². The first kappa shape index (κ1) is 17.9. The van der Waals surface area contributed by atoms with E-state index in [1.807, 2.05) is 30.3 Å². The van der Waals surface area contributed by atoms with Gasteiger partial charge < -0.3 is 15.8 Å². The lowest BCUT2D eigenvalue weighted by Gasteiger charge is -2.36. The van der Waals surface area contributed by atoms with E-state index in [9.17, 15) is 14.9 Å². The molecule has 7 nitrogen and oxygen atoms in total. The highest BCUT2D eigenvalue weighted by atomic mass is 16.6. The van der Waals surface area contributed by atoms with E-state index in [2.05, 4.69) is 5.32 Å². The van der Waals surface area contributed by atoms with E-state index in [1.165, 1.54) is 12.1 Å². The molecule has 26 heavy (non-hydrogen) atoms. The van der Waals surface area contributed by atoms with Crippen LogP contribution < -0.4 is 15.8 Å². The third kappa shape index (κ3) is 3.39. The van der Waals surface area contributed by atoms with Crippen LogP contribution in [0.3, 0.4) is 0 Å². The number of nitro groups is 1. The molecule has 7 heteroatoms. The highest BCUT2D eigenvalue weighted by Crippen LogP contribution is 2.41. The fraction of sp³-hybridized carbons (Fsp3) is 0.316. The minimum atomic E-state index is -1.08. The van der Waals surface area contributed by atoms with Crippen molar-refractivity contribution in [1.82, 2.24) is 5.32 Å². The minimum absolute atomic E-state index is 0.0136. The van der Waals surface area contributed by atoms with Gasteiger partial charge in [-0.1, -0.05) is 30.3 Å². The number of carbonyl (C=O) groups is 1. The van der Waals surface area contributed by atoms with Crippen molar-refractivity contribution < 1.29 is 14.5 Å². The third-order valence-corrected chi connectivity index (χ3v) is 4.49. The second-order valence-electron chi connectivity index (χ2n) is 6.81. The summed E-state index contributed by atoms with van der Waals surface area (Å²) in [6.07, 6.45) is 0.754. The second kappa shape index (κ2) is 6.76. The van der Waals surface area contributed by atoms with Gasteiger partial charge in [0.05, 0.1) is 17.0 Å². The first-order chi connectivity index (χ1) is 12.3. The number of nitrogen functional groups attached to an aromatic ring is 1. The van der Waals surface area contributed by atoms with Crippen LogP contribution >= 0.6 is 0 Å². The lowest BCUT2D eigenvalue weighted by molar-refractivity contribution is -0.384. The number of hydrogen-bond acceptors (Lipinski definition) is 6. The standard InChI is InChI=1S/C19H21N3O4/c1-19(2)18(23)17(21-9-8-12-6-4-3-5-7-12)13-10-14(20)15(22(24)25)11-16(13)26-19/h3-7,10-11,17,21H,8-9,20H2,1-2H3. The van der Waals surface area contributed by atoms with E-state index in [0.29, 0.717) is 17.9 Å². The maximum Gasteiger partial charge on any atom is 0.295 e. The smallest absolute Gasteiger partial charge is 0.295 e. The van der Waals surface area contributed by atoms with Crippen molar-refractivity contribution in [3.63, 3.8) is 0 Å². The van der Waals surface area contributed by atoms with Crippen LogP contribution in [0.5, 0.6) is 5.75 Å². The summed E-state index contributed by atoms with van der Waals surface area (Å²) in [5, 5.41) is 14.4. The maximum atomic E-state index is 12.8. The van der Waals surface area contributed by atoms with Crippen molar-refractivity contribution >= 4 is 17.2 Å². The van der Waals surface area contributed by atoms with Crippen LogP contribution in [-0.2, 0) is 11.2 Å². The summed E-state index contributed by atoms with van der Waals surface area (Å²) >= 11 is 0. The zero-order chi connectivity index (χ0) is 18.9. The number of anilines is 1. The van der Waals surface area contributed by atoms with Crippen LogP contribution in [-0.4, -0.2) is 22.9 Å². The van der Waals surface area contributed by atoms with Crippen molar-refractivity contribution in [3.05, 3.63) is 63.7 Å². The predicted molar refractivity (Wildman–Crippen MR) is 98.1 cm³/mol. The summed E-state index contributed by atoms with van der Waals surface area (Å²) in [5.41, 5.74) is 6.20. The Morgan fingerprint density at radius 2 is 1.96 bits per heavy atom. The number of nitrogens with zero attached hydrogens (tertiary/aromatic N) is 1. The molecular weight excluding hydrogens is 334 g/mol. The van der Waals surface area contributed by atoms with Gasteiger partial charge in [0, 0.05) is 12.1 Å². The number of ketones is 1. The van der Waals surface area contributed by atoms with Crippen LogP contribution in [0, 0.1) is 10.1 Å². The van der Waals surface area contributed by atoms with Crippen LogP contribution in [0.15, 0.2) is 42.5 Å². The summed E-state index contributed by atoms with van der Waals surface area (Å²) in [6.45, 7) is 3.89. The molecule has 1 heterocycles. The Balaban J connectivity index is 1.88. The number of benzene rings is 2. The molecule has 0 amide bonds.